The molecule has 0 unspecified atom stereocenters. The number of nitrogens with one attached hydrogen (secondary N) is 2. The summed E-state index contributed by atoms with van der Waals surface area (Å²) in [4.78, 5) is 35.7. The molecule has 31 heavy (non-hydrogen) atoms. The fraction of sp³-hybridized carbons (Fsp3) is 0.286. The van der Waals surface area contributed by atoms with Gasteiger partial charge in [0.15, 0.2) is 0 Å². The minimum absolute atomic E-state index is 0.0156. The number of amides is 2. The van der Waals surface area contributed by atoms with Gasteiger partial charge in [0.05, 0.1) is 5.56 Å². The Hall–Kier alpha value is -3.43. The van der Waals surface area contributed by atoms with E-state index in [1.807, 2.05) is 0 Å². The molecule has 3 N–H and O–H groups in total. The number of hydrogen-bond donors (Lipinski definition) is 3. The normalized spacial score (nSPS) is 13.2. The van der Waals surface area contributed by atoms with Gasteiger partial charge in [-0.3, -0.25) is 9.59 Å². The lowest BCUT2D eigenvalue weighted by molar-refractivity contribution is -0.142. The third kappa shape index (κ3) is 7.40. The first-order chi connectivity index (χ1) is 14.5. The minimum Gasteiger partial charge on any atom is -0.480 e. The summed E-state index contributed by atoms with van der Waals surface area (Å²) < 4.78 is 51.1. The molecule has 0 radical (unpaired) electrons. The van der Waals surface area contributed by atoms with Crippen LogP contribution >= 0.6 is 0 Å². The highest BCUT2D eigenvalue weighted by atomic mass is 19.4. The van der Waals surface area contributed by atoms with Crippen LogP contribution in [0.25, 0.3) is 0 Å². The van der Waals surface area contributed by atoms with Gasteiger partial charge >= 0.3 is 12.1 Å². The zero-order valence-corrected chi connectivity index (χ0v) is 16.4. The third-order valence-electron chi connectivity index (χ3n) is 4.38. The summed E-state index contributed by atoms with van der Waals surface area (Å²) in [6.45, 7) is 1.18. The molecular weight excluding hydrogens is 420 g/mol. The molecule has 0 bridgehead atoms. The number of carbonyl (C=O) groups excluding carboxylic acids is 2. The Bertz CT molecular complexity index is 928. The van der Waals surface area contributed by atoms with E-state index >= 15 is 0 Å². The van der Waals surface area contributed by atoms with Crippen molar-refractivity contribution in [3.8, 4) is 0 Å². The van der Waals surface area contributed by atoms with Crippen LogP contribution < -0.4 is 10.6 Å². The number of alkyl halides is 3. The summed E-state index contributed by atoms with van der Waals surface area (Å²) in [6.07, 6.45) is -4.80. The lowest BCUT2D eigenvalue weighted by atomic mass is 10.0. The molecule has 0 fully saturated rings. The second-order valence-corrected chi connectivity index (χ2v) is 6.88. The van der Waals surface area contributed by atoms with Crippen LogP contribution in [0.3, 0.4) is 0 Å². The van der Waals surface area contributed by atoms with Crippen LogP contribution in [-0.2, 0) is 33.4 Å². The molecule has 2 aromatic rings. The molecule has 2 atom stereocenters. The summed E-state index contributed by atoms with van der Waals surface area (Å²) in [5, 5.41) is 14.1. The standard InChI is InChI=1S/C21H20F4N2O4/c1-12(28)26-17(10-14-4-8-16(22)9-5-14)19(29)27-18(20(30)31)11-13-2-6-15(7-3-13)21(23,24)25/h2-9,17-18H,10-11H2,1H3,(H,26,28)(H,27,29)(H,30,31)/t17-,18-/m0/s1. The van der Waals surface area contributed by atoms with Crippen LogP contribution in [0.15, 0.2) is 48.5 Å². The molecular formula is C21H20F4N2O4. The van der Waals surface area contributed by atoms with E-state index in [1.165, 1.54) is 31.2 Å². The minimum atomic E-state index is -4.52. The summed E-state index contributed by atoms with van der Waals surface area (Å²) in [7, 11) is 0. The van der Waals surface area contributed by atoms with E-state index < -0.39 is 47.4 Å². The maximum Gasteiger partial charge on any atom is 0.416 e. The maximum atomic E-state index is 13.1. The second kappa shape index (κ2) is 10.1. The Labute approximate surface area is 175 Å². The van der Waals surface area contributed by atoms with E-state index in [9.17, 15) is 37.1 Å². The van der Waals surface area contributed by atoms with Crippen LogP contribution in [0, 0.1) is 5.82 Å². The van der Waals surface area contributed by atoms with Crippen LogP contribution in [0.4, 0.5) is 17.6 Å². The Morgan fingerprint density at radius 1 is 0.871 bits per heavy atom. The summed E-state index contributed by atoms with van der Waals surface area (Å²) >= 11 is 0. The van der Waals surface area contributed by atoms with Gasteiger partial charge in [-0.15, -0.1) is 0 Å². The van der Waals surface area contributed by atoms with E-state index in [-0.39, 0.29) is 18.4 Å². The quantitative estimate of drug-likeness (QED) is 0.550. The molecule has 2 aromatic carbocycles. The fourth-order valence-corrected chi connectivity index (χ4v) is 2.85. The zero-order chi connectivity index (χ0) is 23.2. The van der Waals surface area contributed by atoms with Gasteiger partial charge in [0.2, 0.25) is 11.8 Å². The van der Waals surface area contributed by atoms with Crippen molar-refractivity contribution in [3.05, 3.63) is 71.0 Å². The first kappa shape index (κ1) is 23.8. The number of carboxylic acids is 1. The zero-order valence-electron chi connectivity index (χ0n) is 16.4. The number of halogens is 4. The monoisotopic (exact) mass is 440 g/mol. The topological polar surface area (TPSA) is 95.5 Å². The van der Waals surface area contributed by atoms with E-state index in [0.717, 1.165) is 24.3 Å². The van der Waals surface area contributed by atoms with Gasteiger partial charge in [0, 0.05) is 19.8 Å². The van der Waals surface area contributed by atoms with Crippen molar-refractivity contribution < 1.29 is 37.1 Å². The van der Waals surface area contributed by atoms with Crippen LogP contribution in [0.1, 0.15) is 23.6 Å². The second-order valence-electron chi connectivity index (χ2n) is 6.88. The largest absolute Gasteiger partial charge is 0.480 e. The summed E-state index contributed by atoms with van der Waals surface area (Å²) in [6, 6.07) is 6.57. The molecule has 0 heterocycles. The number of benzene rings is 2. The molecule has 0 aliphatic heterocycles. The predicted molar refractivity (Wildman–Crippen MR) is 102 cm³/mol. The first-order valence-electron chi connectivity index (χ1n) is 9.16. The number of rotatable bonds is 8. The average Bonchev–Trinajstić information content (AvgIpc) is 2.68. The van der Waals surface area contributed by atoms with E-state index in [0.29, 0.717) is 5.56 Å². The molecule has 10 heteroatoms. The number of carbonyl (C=O) groups is 3. The number of aliphatic carboxylic acids is 1. The molecule has 0 saturated heterocycles. The number of hydrogen-bond acceptors (Lipinski definition) is 3. The smallest absolute Gasteiger partial charge is 0.416 e. The SMILES string of the molecule is CC(=O)N[C@@H](Cc1ccc(F)cc1)C(=O)N[C@@H](Cc1ccc(C(F)(F)F)cc1)C(=O)O. The first-order valence-corrected chi connectivity index (χ1v) is 9.16. The van der Waals surface area contributed by atoms with E-state index in [2.05, 4.69) is 10.6 Å². The van der Waals surface area contributed by atoms with Crippen molar-refractivity contribution in [3.63, 3.8) is 0 Å². The van der Waals surface area contributed by atoms with Crippen molar-refractivity contribution in [2.75, 3.05) is 0 Å². The van der Waals surface area contributed by atoms with Gasteiger partial charge in [-0.25, -0.2) is 9.18 Å². The van der Waals surface area contributed by atoms with Crippen molar-refractivity contribution >= 4 is 17.8 Å². The highest BCUT2D eigenvalue weighted by Crippen LogP contribution is 2.29. The Morgan fingerprint density at radius 3 is 1.81 bits per heavy atom. The van der Waals surface area contributed by atoms with Gasteiger partial charge in [-0.05, 0) is 35.4 Å². The molecule has 2 rings (SSSR count). The number of carboxylic acid groups (broad SMARTS) is 1. The highest BCUT2D eigenvalue weighted by molar-refractivity contribution is 5.90. The average molecular weight is 440 g/mol. The molecule has 0 aromatic heterocycles. The molecule has 0 spiro atoms. The van der Waals surface area contributed by atoms with Gasteiger partial charge in [0.1, 0.15) is 17.9 Å². The van der Waals surface area contributed by atoms with Gasteiger partial charge in [-0.1, -0.05) is 24.3 Å². The molecule has 6 nitrogen and oxygen atoms in total. The predicted octanol–water partition coefficient (Wildman–Crippen LogP) is 2.70. The van der Waals surface area contributed by atoms with Gasteiger partial charge < -0.3 is 15.7 Å². The molecule has 0 aliphatic carbocycles. The van der Waals surface area contributed by atoms with Gasteiger partial charge in [0.25, 0.3) is 0 Å². The highest BCUT2D eigenvalue weighted by Gasteiger charge is 2.30. The van der Waals surface area contributed by atoms with Crippen molar-refractivity contribution in [1.82, 2.24) is 10.6 Å². The maximum absolute atomic E-state index is 13.1. The van der Waals surface area contributed by atoms with E-state index in [1.54, 1.807) is 0 Å². The van der Waals surface area contributed by atoms with E-state index in [4.69, 9.17) is 0 Å². The van der Waals surface area contributed by atoms with Crippen LogP contribution in [0.5, 0.6) is 0 Å². The van der Waals surface area contributed by atoms with Gasteiger partial charge in [-0.2, -0.15) is 13.2 Å². The Balaban J connectivity index is 2.12. The van der Waals surface area contributed by atoms with Crippen LogP contribution in [-0.4, -0.2) is 35.0 Å². The molecule has 0 saturated carbocycles. The lowest BCUT2D eigenvalue weighted by Crippen LogP contribution is -2.52. The third-order valence-corrected chi connectivity index (χ3v) is 4.38. The molecule has 166 valence electrons. The summed E-state index contributed by atoms with van der Waals surface area (Å²) in [5.41, 5.74) is -0.0718. The van der Waals surface area contributed by atoms with Crippen molar-refractivity contribution in [2.24, 2.45) is 0 Å². The lowest BCUT2D eigenvalue weighted by Gasteiger charge is -2.21. The molecule has 0 aliphatic rings. The van der Waals surface area contributed by atoms with Crippen molar-refractivity contribution in [2.45, 2.75) is 38.0 Å². The van der Waals surface area contributed by atoms with Crippen molar-refractivity contribution in [1.29, 1.82) is 0 Å². The Morgan fingerprint density at radius 2 is 1.35 bits per heavy atom. The van der Waals surface area contributed by atoms with Crippen LogP contribution in [0.2, 0.25) is 0 Å². The Kier molecular flexibility index (Phi) is 7.73. The molecule has 2 amide bonds. The summed E-state index contributed by atoms with van der Waals surface area (Å²) in [5.74, 6) is -3.20. The fourth-order valence-electron chi connectivity index (χ4n) is 2.85.